The molecule has 2 N–H and O–H groups in total. The van der Waals surface area contributed by atoms with Crippen LogP contribution in [0.25, 0.3) is 0 Å². The summed E-state index contributed by atoms with van der Waals surface area (Å²) in [6, 6.07) is 28.9. The smallest absolute Gasteiger partial charge is 0.262 e. The molecule has 5 aliphatic heterocycles. The number of likely N-dealkylation sites (tertiary alicyclic amines) is 1. The van der Waals surface area contributed by atoms with Crippen molar-refractivity contribution in [3.63, 3.8) is 0 Å². The summed E-state index contributed by atoms with van der Waals surface area (Å²) < 4.78 is 0. The number of nitrogens with zero attached hydrogens (tertiary/aromatic N) is 4. The number of piperidine rings is 2. The third kappa shape index (κ3) is 6.10. The molecule has 4 amide bonds. The molecule has 56 heavy (non-hydrogen) atoms. The van der Waals surface area contributed by atoms with Gasteiger partial charge in [-0.1, -0.05) is 48.5 Å². The Labute approximate surface area is 327 Å². The number of benzene rings is 4. The first-order chi connectivity index (χ1) is 27.2. The van der Waals surface area contributed by atoms with E-state index in [1.165, 1.54) is 40.8 Å². The van der Waals surface area contributed by atoms with Crippen LogP contribution in [0.5, 0.6) is 5.75 Å². The van der Waals surface area contributed by atoms with Crippen molar-refractivity contribution in [2.45, 2.75) is 69.5 Å². The highest BCUT2D eigenvalue weighted by Gasteiger charge is 2.47. The average Bonchev–Trinajstić information content (AvgIpc) is 3.71. The first-order valence-electron chi connectivity index (χ1n) is 20.3. The number of aryl methyl sites for hydroxylation is 1. The maximum Gasteiger partial charge on any atom is 0.262 e. The van der Waals surface area contributed by atoms with E-state index in [0.717, 1.165) is 81.2 Å². The SMILES string of the molecule is O=C1CC[C@@H](N2C(=O)c3cc4c(cc3C2=O)CN(CCN2CC3(CCN(c5ccc([C@@H]6c7ccc(O)cc7CC[C@@H]6c6ccccc6)cc5)CC3)C2)C4)C(=O)N1. The van der Waals surface area contributed by atoms with Crippen molar-refractivity contribution in [3.05, 3.63) is 129 Å². The van der Waals surface area contributed by atoms with E-state index in [0.29, 0.717) is 28.2 Å². The third-order valence-electron chi connectivity index (χ3n) is 13.7. The molecular weight excluding hydrogens is 703 g/mol. The molecule has 0 aromatic heterocycles. The van der Waals surface area contributed by atoms with Gasteiger partial charge in [-0.25, -0.2) is 0 Å². The van der Waals surface area contributed by atoms with Crippen LogP contribution < -0.4 is 10.2 Å². The number of anilines is 1. The van der Waals surface area contributed by atoms with Gasteiger partial charge in [0.05, 0.1) is 11.1 Å². The zero-order valence-electron chi connectivity index (χ0n) is 31.6. The Morgan fingerprint density at radius 3 is 2.05 bits per heavy atom. The van der Waals surface area contributed by atoms with Gasteiger partial charge in [0.25, 0.3) is 11.8 Å². The molecule has 10 rings (SSSR count). The second-order valence-corrected chi connectivity index (χ2v) is 17.0. The van der Waals surface area contributed by atoms with Gasteiger partial charge in [-0.3, -0.25) is 34.3 Å². The molecule has 10 nitrogen and oxygen atoms in total. The zero-order chi connectivity index (χ0) is 38.1. The number of phenolic OH excluding ortho intramolecular Hbond substituents is 1. The number of fused-ring (bicyclic) bond motifs is 3. The molecule has 0 saturated carbocycles. The third-order valence-corrected chi connectivity index (χ3v) is 13.7. The van der Waals surface area contributed by atoms with Gasteiger partial charge in [0.2, 0.25) is 11.8 Å². The minimum atomic E-state index is -0.942. The van der Waals surface area contributed by atoms with Crippen molar-refractivity contribution in [1.29, 1.82) is 0 Å². The van der Waals surface area contributed by atoms with Crippen LogP contribution in [0.3, 0.4) is 0 Å². The number of carbonyl (C=O) groups excluding carboxylic acids is 4. The van der Waals surface area contributed by atoms with Crippen molar-refractivity contribution in [2.75, 3.05) is 44.2 Å². The van der Waals surface area contributed by atoms with Gasteiger partial charge in [0.15, 0.2) is 0 Å². The second-order valence-electron chi connectivity index (χ2n) is 17.0. The summed E-state index contributed by atoms with van der Waals surface area (Å²) in [5, 5.41) is 12.5. The lowest BCUT2D eigenvalue weighted by molar-refractivity contribution is -0.136. The van der Waals surface area contributed by atoms with Gasteiger partial charge < -0.3 is 14.9 Å². The highest BCUT2D eigenvalue weighted by Crippen LogP contribution is 2.48. The normalized spacial score (nSPS) is 24.5. The molecule has 4 aromatic rings. The minimum Gasteiger partial charge on any atom is -0.508 e. The lowest BCUT2D eigenvalue weighted by atomic mass is 9.69. The maximum absolute atomic E-state index is 13.3. The Bertz CT molecular complexity index is 2190. The molecule has 4 aromatic carbocycles. The maximum atomic E-state index is 13.3. The lowest BCUT2D eigenvalue weighted by Gasteiger charge is -2.54. The van der Waals surface area contributed by atoms with Crippen molar-refractivity contribution in [2.24, 2.45) is 5.41 Å². The number of phenols is 1. The van der Waals surface area contributed by atoms with Gasteiger partial charge in [-0.15, -0.1) is 0 Å². The van der Waals surface area contributed by atoms with E-state index < -0.39 is 23.8 Å². The first kappa shape index (κ1) is 35.1. The van der Waals surface area contributed by atoms with E-state index >= 15 is 0 Å². The van der Waals surface area contributed by atoms with Crippen molar-refractivity contribution < 1.29 is 24.3 Å². The number of amides is 4. The molecule has 1 aliphatic carbocycles. The van der Waals surface area contributed by atoms with Crippen LogP contribution in [0, 0.1) is 5.41 Å². The Morgan fingerprint density at radius 1 is 0.696 bits per heavy atom. The molecule has 3 saturated heterocycles. The van der Waals surface area contributed by atoms with E-state index in [1.807, 2.05) is 24.3 Å². The van der Waals surface area contributed by atoms with Crippen LogP contribution >= 0.6 is 0 Å². The van der Waals surface area contributed by atoms with Crippen molar-refractivity contribution >= 4 is 29.3 Å². The molecule has 3 atom stereocenters. The highest BCUT2D eigenvalue weighted by molar-refractivity contribution is 6.23. The topological polar surface area (TPSA) is 114 Å². The van der Waals surface area contributed by atoms with Crippen molar-refractivity contribution in [3.8, 4) is 5.75 Å². The Kier molecular flexibility index (Phi) is 8.60. The fraction of sp³-hybridized carbons (Fsp3) is 0.391. The molecule has 6 aliphatic rings. The number of rotatable bonds is 7. The fourth-order valence-electron chi connectivity index (χ4n) is 10.7. The largest absolute Gasteiger partial charge is 0.508 e. The fourth-order valence-corrected chi connectivity index (χ4v) is 10.7. The summed E-state index contributed by atoms with van der Waals surface area (Å²) in [5.74, 6) is -0.851. The molecule has 1 spiro atoms. The van der Waals surface area contributed by atoms with Crippen LogP contribution in [0.4, 0.5) is 5.69 Å². The van der Waals surface area contributed by atoms with Crippen molar-refractivity contribution in [1.82, 2.24) is 20.0 Å². The number of carbonyl (C=O) groups is 4. The summed E-state index contributed by atoms with van der Waals surface area (Å²) in [4.78, 5) is 59.3. The monoisotopic (exact) mass is 749 g/mol. The Hall–Kier alpha value is -5.32. The molecular formula is C46H47N5O5. The van der Waals surface area contributed by atoms with E-state index in [4.69, 9.17) is 0 Å². The van der Waals surface area contributed by atoms with Crippen LogP contribution in [0.1, 0.15) is 98.0 Å². The van der Waals surface area contributed by atoms with Crippen LogP contribution in [0.15, 0.2) is 84.9 Å². The van der Waals surface area contributed by atoms with Crippen LogP contribution in [-0.4, -0.2) is 88.7 Å². The summed E-state index contributed by atoms with van der Waals surface area (Å²) in [5.41, 5.74) is 9.84. The minimum absolute atomic E-state index is 0.113. The quantitative estimate of drug-likeness (QED) is 0.236. The molecule has 0 bridgehead atoms. The molecule has 10 heteroatoms. The van der Waals surface area contributed by atoms with E-state index in [9.17, 15) is 24.3 Å². The van der Waals surface area contributed by atoms with Crippen LogP contribution in [0.2, 0.25) is 0 Å². The van der Waals surface area contributed by atoms with Gasteiger partial charge in [0, 0.05) is 70.4 Å². The van der Waals surface area contributed by atoms with Gasteiger partial charge in [-0.2, -0.15) is 0 Å². The van der Waals surface area contributed by atoms with Crippen LogP contribution in [-0.2, 0) is 29.1 Å². The number of aromatic hydroxyl groups is 1. The summed E-state index contributed by atoms with van der Waals surface area (Å²) in [7, 11) is 0. The zero-order valence-corrected chi connectivity index (χ0v) is 31.6. The molecule has 5 heterocycles. The number of nitrogens with one attached hydrogen (secondary N) is 1. The van der Waals surface area contributed by atoms with Gasteiger partial charge >= 0.3 is 0 Å². The highest BCUT2D eigenvalue weighted by atomic mass is 16.3. The molecule has 0 unspecified atom stereocenters. The molecule has 0 radical (unpaired) electrons. The summed E-state index contributed by atoms with van der Waals surface area (Å²) in [6.07, 6.45) is 4.70. The first-order valence-corrected chi connectivity index (χ1v) is 20.3. The van der Waals surface area contributed by atoms with E-state index in [-0.39, 0.29) is 24.7 Å². The average molecular weight is 750 g/mol. The lowest BCUT2D eigenvalue weighted by Crippen LogP contribution is -2.61. The van der Waals surface area contributed by atoms with Gasteiger partial charge in [0.1, 0.15) is 11.8 Å². The predicted molar refractivity (Wildman–Crippen MR) is 211 cm³/mol. The molecule has 286 valence electrons. The Morgan fingerprint density at radius 2 is 1.38 bits per heavy atom. The second kappa shape index (κ2) is 13.7. The summed E-state index contributed by atoms with van der Waals surface area (Å²) >= 11 is 0. The molecule has 3 fully saturated rings. The number of hydrogen-bond acceptors (Lipinski definition) is 8. The number of hydrogen-bond donors (Lipinski definition) is 2. The van der Waals surface area contributed by atoms with E-state index in [1.54, 1.807) is 0 Å². The predicted octanol–water partition coefficient (Wildman–Crippen LogP) is 5.57. The Balaban J connectivity index is 0.725. The van der Waals surface area contributed by atoms with E-state index in [2.05, 4.69) is 80.7 Å². The summed E-state index contributed by atoms with van der Waals surface area (Å²) in [6.45, 7) is 7.78. The van der Waals surface area contributed by atoms with Gasteiger partial charge in [-0.05, 0) is 113 Å². The number of imide groups is 2. The standard InChI is InChI=1S/C46H47N5O5/c52-35-11-13-37-31(22-35)8-12-36(29-4-2-1-3-5-29)42(37)30-6-9-34(10-7-30)50-18-16-46(17-19-50)27-49(28-46)21-20-48-25-32-23-38-39(24-33(32)26-48)45(56)51(44(38)55)40-14-15-41(53)47-43(40)54/h1-7,9-11,13,22-24,36,40,42,52H,8,12,14-21,25-28H2,(H,47,53,54)/t36-,40-,42+/m1/s1.